The third-order valence-corrected chi connectivity index (χ3v) is 6.57. The maximum absolute atomic E-state index is 13.7. The van der Waals surface area contributed by atoms with E-state index in [0.29, 0.717) is 24.2 Å². The fourth-order valence-corrected chi connectivity index (χ4v) is 4.88. The van der Waals surface area contributed by atoms with Crippen molar-refractivity contribution in [2.75, 3.05) is 22.9 Å². The number of unbranched alkanes of at least 4 members (excludes halogenated alkanes) is 6. The zero-order valence-corrected chi connectivity index (χ0v) is 19.4. The number of anilines is 2. The molecule has 4 heteroatoms. The SMILES string of the molecule is CCCCCCN1C(=O)/C(=C2/C(=O)N(CCCCCC)c3ccccc32)c2ccccc21. The molecule has 2 aromatic carbocycles. The van der Waals surface area contributed by atoms with Gasteiger partial charge in [0.15, 0.2) is 0 Å². The van der Waals surface area contributed by atoms with Crippen LogP contribution in [0.15, 0.2) is 48.5 Å². The van der Waals surface area contributed by atoms with Crippen LogP contribution in [0.25, 0.3) is 11.1 Å². The van der Waals surface area contributed by atoms with Crippen LogP contribution in [0.1, 0.15) is 76.3 Å². The molecule has 0 aliphatic carbocycles. The first-order chi connectivity index (χ1) is 15.7. The Labute approximate surface area is 191 Å². The van der Waals surface area contributed by atoms with Crippen LogP contribution in [-0.2, 0) is 9.59 Å². The Balaban J connectivity index is 1.71. The highest BCUT2D eigenvalue weighted by atomic mass is 16.2. The molecule has 32 heavy (non-hydrogen) atoms. The van der Waals surface area contributed by atoms with Crippen molar-refractivity contribution in [3.05, 3.63) is 59.7 Å². The molecule has 2 aromatic rings. The smallest absolute Gasteiger partial charge is 0.259 e. The van der Waals surface area contributed by atoms with Crippen molar-refractivity contribution < 1.29 is 9.59 Å². The maximum atomic E-state index is 13.7. The van der Waals surface area contributed by atoms with Gasteiger partial charge in [0.05, 0.1) is 22.5 Å². The van der Waals surface area contributed by atoms with Crippen LogP contribution < -0.4 is 9.80 Å². The normalized spacial score (nSPS) is 17.3. The quantitative estimate of drug-likeness (QED) is 0.321. The number of hydrogen-bond donors (Lipinski definition) is 0. The predicted molar refractivity (Wildman–Crippen MR) is 133 cm³/mol. The minimum atomic E-state index is -0.0336. The second-order valence-electron chi connectivity index (χ2n) is 8.82. The van der Waals surface area contributed by atoms with Gasteiger partial charge >= 0.3 is 0 Å². The topological polar surface area (TPSA) is 40.6 Å². The second kappa shape index (κ2) is 10.2. The van der Waals surface area contributed by atoms with Gasteiger partial charge in [0.1, 0.15) is 0 Å². The van der Waals surface area contributed by atoms with Crippen molar-refractivity contribution in [2.45, 2.75) is 65.2 Å². The van der Waals surface area contributed by atoms with Crippen LogP contribution in [0, 0.1) is 0 Å². The molecular weight excluding hydrogens is 396 g/mol. The van der Waals surface area contributed by atoms with E-state index in [1.165, 1.54) is 25.7 Å². The summed E-state index contributed by atoms with van der Waals surface area (Å²) in [5.74, 6) is -0.0673. The number of amides is 2. The Morgan fingerprint density at radius 1 is 0.562 bits per heavy atom. The number of para-hydroxylation sites is 2. The molecule has 0 bridgehead atoms. The van der Waals surface area contributed by atoms with E-state index in [-0.39, 0.29) is 11.8 Å². The summed E-state index contributed by atoms with van der Waals surface area (Å²) in [5, 5.41) is 0. The van der Waals surface area contributed by atoms with Crippen LogP contribution in [-0.4, -0.2) is 24.9 Å². The summed E-state index contributed by atoms with van der Waals surface area (Å²) in [6.07, 6.45) is 8.86. The molecule has 0 aromatic heterocycles. The van der Waals surface area contributed by atoms with Gasteiger partial charge in [0.2, 0.25) is 0 Å². The monoisotopic (exact) mass is 430 g/mol. The van der Waals surface area contributed by atoms with Gasteiger partial charge in [-0.2, -0.15) is 0 Å². The minimum Gasteiger partial charge on any atom is -0.308 e. The standard InChI is InChI=1S/C28H34N2O2/c1-3-5-7-13-19-29-23-17-11-9-15-21(23)25(27(29)31)26-22-16-10-12-18-24(22)30(28(26)32)20-14-8-6-4-2/h9-12,15-18H,3-8,13-14,19-20H2,1-2H3/b26-25+. The Morgan fingerprint density at radius 2 is 0.969 bits per heavy atom. The zero-order chi connectivity index (χ0) is 22.5. The van der Waals surface area contributed by atoms with E-state index in [2.05, 4.69) is 13.8 Å². The summed E-state index contributed by atoms with van der Waals surface area (Å²) in [5.41, 5.74) is 4.79. The molecule has 2 heterocycles. The van der Waals surface area contributed by atoms with Gasteiger partial charge in [-0.1, -0.05) is 88.8 Å². The van der Waals surface area contributed by atoms with Gasteiger partial charge in [0.25, 0.3) is 11.8 Å². The Bertz CT molecular complexity index is 942. The van der Waals surface area contributed by atoms with E-state index >= 15 is 0 Å². The average molecular weight is 431 g/mol. The maximum Gasteiger partial charge on any atom is 0.259 e. The van der Waals surface area contributed by atoms with Gasteiger partial charge < -0.3 is 9.80 Å². The fourth-order valence-electron chi connectivity index (χ4n) is 4.88. The van der Waals surface area contributed by atoms with Crippen LogP contribution in [0.2, 0.25) is 0 Å². The van der Waals surface area contributed by atoms with Crippen LogP contribution in [0.5, 0.6) is 0 Å². The molecule has 168 valence electrons. The first-order valence-corrected chi connectivity index (χ1v) is 12.3. The van der Waals surface area contributed by atoms with Crippen molar-refractivity contribution in [1.29, 1.82) is 0 Å². The number of fused-ring (bicyclic) bond motifs is 2. The molecule has 2 amide bonds. The highest BCUT2D eigenvalue weighted by Crippen LogP contribution is 2.46. The first-order valence-electron chi connectivity index (χ1n) is 12.3. The van der Waals surface area contributed by atoms with Gasteiger partial charge in [0, 0.05) is 24.2 Å². The number of rotatable bonds is 10. The van der Waals surface area contributed by atoms with Crippen LogP contribution >= 0.6 is 0 Å². The average Bonchev–Trinajstić information content (AvgIpc) is 3.24. The molecule has 0 saturated carbocycles. The Hall–Kier alpha value is -2.88. The molecule has 4 rings (SSSR count). The number of hydrogen-bond acceptors (Lipinski definition) is 2. The molecule has 2 aliphatic heterocycles. The minimum absolute atomic E-state index is 0.0336. The molecular formula is C28H34N2O2. The second-order valence-corrected chi connectivity index (χ2v) is 8.82. The van der Waals surface area contributed by atoms with Crippen molar-refractivity contribution in [2.24, 2.45) is 0 Å². The van der Waals surface area contributed by atoms with Crippen molar-refractivity contribution in [3.8, 4) is 0 Å². The van der Waals surface area contributed by atoms with Crippen molar-refractivity contribution in [1.82, 2.24) is 0 Å². The van der Waals surface area contributed by atoms with Crippen LogP contribution in [0.4, 0.5) is 11.4 Å². The summed E-state index contributed by atoms with van der Waals surface area (Å²) < 4.78 is 0. The lowest BCUT2D eigenvalue weighted by Gasteiger charge is -2.17. The Kier molecular flexibility index (Phi) is 7.09. The summed E-state index contributed by atoms with van der Waals surface area (Å²) in [7, 11) is 0. The van der Waals surface area contributed by atoms with Gasteiger partial charge in [-0.3, -0.25) is 9.59 Å². The molecule has 0 saturated heterocycles. The molecule has 0 unspecified atom stereocenters. The molecule has 0 fully saturated rings. The number of carbonyl (C=O) groups is 2. The largest absolute Gasteiger partial charge is 0.308 e. The zero-order valence-electron chi connectivity index (χ0n) is 19.4. The summed E-state index contributed by atoms with van der Waals surface area (Å²) in [6, 6.07) is 15.9. The molecule has 2 aliphatic rings. The predicted octanol–water partition coefficient (Wildman–Crippen LogP) is 6.45. The lowest BCUT2D eigenvalue weighted by molar-refractivity contribution is -0.114. The number of nitrogens with zero attached hydrogens (tertiary/aromatic N) is 2. The molecule has 4 nitrogen and oxygen atoms in total. The number of benzene rings is 2. The van der Waals surface area contributed by atoms with E-state index in [1.54, 1.807) is 0 Å². The van der Waals surface area contributed by atoms with E-state index in [0.717, 1.165) is 48.2 Å². The van der Waals surface area contributed by atoms with E-state index < -0.39 is 0 Å². The third-order valence-electron chi connectivity index (χ3n) is 6.57. The van der Waals surface area contributed by atoms with E-state index in [4.69, 9.17) is 0 Å². The lowest BCUT2D eigenvalue weighted by Crippen LogP contribution is -2.30. The third kappa shape index (κ3) is 4.11. The van der Waals surface area contributed by atoms with Crippen LogP contribution in [0.3, 0.4) is 0 Å². The summed E-state index contributed by atoms with van der Waals surface area (Å²) in [6.45, 7) is 5.78. The highest BCUT2D eigenvalue weighted by Gasteiger charge is 2.41. The van der Waals surface area contributed by atoms with Gasteiger partial charge in [-0.15, -0.1) is 0 Å². The van der Waals surface area contributed by atoms with E-state index in [9.17, 15) is 9.59 Å². The Morgan fingerprint density at radius 3 is 1.38 bits per heavy atom. The first kappa shape index (κ1) is 22.3. The molecule has 0 N–H and O–H groups in total. The number of carbonyl (C=O) groups excluding carboxylic acids is 2. The van der Waals surface area contributed by atoms with E-state index in [1.807, 2.05) is 58.3 Å². The molecule has 0 atom stereocenters. The van der Waals surface area contributed by atoms with Gasteiger partial charge in [-0.05, 0) is 25.0 Å². The summed E-state index contributed by atoms with van der Waals surface area (Å²) >= 11 is 0. The highest BCUT2D eigenvalue weighted by molar-refractivity contribution is 6.49. The van der Waals surface area contributed by atoms with Gasteiger partial charge in [-0.25, -0.2) is 0 Å². The van der Waals surface area contributed by atoms with Crippen molar-refractivity contribution >= 4 is 34.3 Å². The molecule has 0 radical (unpaired) electrons. The summed E-state index contributed by atoms with van der Waals surface area (Å²) in [4.78, 5) is 31.1. The fraction of sp³-hybridized carbons (Fsp3) is 0.429. The lowest BCUT2D eigenvalue weighted by atomic mass is 9.96. The molecule has 0 spiro atoms. The van der Waals surface area contributed by atoms with Crippen molar-refractivity contribution in [3.63, 3.8) is 0 Å².